The lowest BCUT2D eigenvalue weighted by Crippen LogP contribution is -2.28. The molecular weight excluding hydrogens is 558 g/mol. The molecule has 1 saturated carbocycles. The van der Waals surface area contributed by atoms with Crippen LogP contribution in [-0.4, -0.2) is 63.1 Å². The number of ether oxygens (including phenoxy) is 2. The molecule has 0 unspecified atom stereocenters. The van der Waals surface area contributed by atoms with E-state index in [2.05, 4.69) is 25.4 Å². The quantitative estimate of drug-likeness (QED) is 0.173. The highest BCUT2D eigenvalue weighted by molar-refractivity contribution is 7.13. The minimum Gasteiger partial charge on any atom is -0.441 e. The van der Waals surface area contributed by atoms with Crippen LogP contribution >= 0.6 is 11.3 Å². The van der Waals surface area contributed by atoms with Crippen molar-refractivity contribution in [3.63, 3.8) is 0 Å². The molecule has 0 aliphatic heterocycles. The molecule has 5 N–H and O–H groups in total. The van der Waals surface area contributed by atoms with Gasteiger partial charge in [-0.3, -0.25) is 14.6 Å². The summed E-state index contributed by atoms with van der Waals surface area (Å²) in [5, 5.41) is 8.72. The van der Waals surface area contributed by atoms with Crippen molar-refractivity contribution in [1.29, 1.82) is 0 Å². The second-order valence-electron chi connectivity index (χ2n) is 9.07. The van der Waals surface area contributed by atoms with Crippen molar-refractivity contribution in [3.8, 4) is 10.6 Å². The summed E-state index contributed by atoms with van der Waals surface area (Å²) in [6.45, 7) is 2.22. The number of carbonyl (C=O) groups is 2. The van der Waals surface area contributed by atoms with Gasteiger partial charge < -0.3 is 26.3 Å². The summed E-state index contributed by atoms with van der Waals surface area (Å²) in [4.78, 5) is 36.9. The summed E-state index contributed by atoms with van der Waals surface area (Å²) < 4.78 is 40.3. The highest BCUT2D eigenvalue weighted by Crippen LogP contribution is 2.25. The summed E-state index contributed by atoms with van der Waals surface area (Å²) in [5.41, 5.74) is 11.3. The summed E-state index contributed by atoms with van der Waals surface area (Å²) in [6.07, 6.45) is 7.85. The fraction of sp³-hybridized carbons (Fsp3) is 0.385. The number of amides is 1. The Kier molecular flexibility index (Phi) is 10.2. The van der Waals surface area contributed by atoms with Crippen LogP contribution in [0.5, 0.6) is 0 Å². The van der Waals surface area contributed by atoms with Crippen LogP contribution in [0.25, 0.3) is 16.3 Å². The van der Waals surface area contributed by atoms with Crippen LogP contribution < -0.4 is 16.8 Å². The number of halogens is 2. The van der Waals surface area contributed by atoms with Crippen LogP contribution in [0.2, 0.25) is 0 Å². The van der Waals surface area contributed by atoms with Crippen molar-refractivity contribution in [2.24, 2.45) is 16.5 Å². The summed E-state index contributed by atoms with van der Waals surface area (Å²) in [5.74, 6) is -3.00. The van der Waals surface area contributed by atoms with Crippen LogP contribution in [0.1, 0.15) is 48.8 Å². The van der Waals surface area contributed by atoms with Gasteiger partial charge in [-0.05, 0) is 44.7 Å². The van der Waals surface area contributed by atoms with Crippen molar-refractivity contribution in [2.75, 3.05) is 13.2 Å². The van der Waals surface area contributed by atoms with E-state index in [0.717, 1.165) is 37.8 Å². The maximum atomic E-state index is 14.5. The lowest BCUT2D eigenvalue weighted by molar-refractivity contribution is -0.146. The van der Waals surface area contributed by atoms with Gasteiger partial charge in [-0.1, -0.05) is 0 Å². The van der Waals surface area contributed by atoms with Crippen LogP contribution in [0.15, 0.2) is 40.6 Å². The van der Waals surface area contributed by atoms with Gasteiger partial charge in [0.2, 0.25) is 5.95 Å². The lowest BCUT2D eigenvalue weighted by atomic mass is 9.93. The molecule has 1 fully saturated rings. The fourth-order valence-electron chi connectivity index (χ4n) is 4.12. The van der Waals surface area contributed by atoms with E-state index in [1.54, 1.807) is 6.20 Å². The second-order valence-corrected chi connectivity index (χ2v) is 9.92. The predicted octanol–water partition coefficient (Wildman–Crippen LogP) is 2.62. The molecule has 0 bridgehead atoms. The van der Waals surface area contributed by atoms with Gasteiger partial charge in [0, 0.05) is 30.0 Å². The van der Waals surface area contributed by atoms with Crippen molar-refractivity contribution in [2.45, 2.75) is 51.5 Å². The lowest BCUT2D eigenvalue weighted by Gasteiger charge is -2.26. The zero-order valence-corrected chi connectivity index (χ0v) is 23.1. The normalized spacial score (nSPS) is 17.9. The molecule has 12 nitrogen and oxygen atoms in total. The number of rotatable bonds is 11. The summed E-state index contributed by atoms with van der Waals surface area (Å²) in [6, 6.07) is 1.72. The minimum absolute atomic E-state index is 0.0389. The molecule has 15 heteroatoms. The van der Waals surface area contributed by atoms with E-state index in [1.165, 1.54) is 33.8 Å². The number of carbonyl (C=O) groups excluding carboxylic acids is 2. The number of aliphatic imine (C=N–C) groups is 1. The molecule has 218 valence electrons. The molecule has 41 heavy (non-hydrogen) atoms. The van der Waals surface area contributed by atoms with Gasteiger partial charge >= 0.3 is 5.97 Å². The Balaban J connectivity index is 1.52. The van der Waals surface area contributed by atoms with Crippen molar-refractivity contribution < 1.29 is 27.8 Å². The molecule has 3 aromatic heterocycles. The first-order chi connectivity index (χ1) is 19.8. The number of esters is 1. The van der Waals surface area contributed by atoms with Gasteiger partial charge in [-0.25, -0.2) is 19.0 Å². The number of nitrogens with zero attached hydrogens (tertiary/aromatic N) is 5. The molecule has 0 aromatic carbocycles. The molecule has 4 rings (SSSR count). The van der Waals surface area contributed by atoms with E-state index in [9.17, 15) is 18.4 Å². The van der Waals surface area contributed by atoms with E-state index in [0.29, 0.717) is 17.2 Å². The van der Waals surface area contributed by atoms with E-state index in [4.69, 9.17) is 20.9 Å². The van der Waals surface area contributed by atoms with Gasteiger partial charge in [-0.2, -0.15) is 9.49 Å². The molecule has 1 amide bonds. The Morgan fingerprint density at radius 3 is 2.76 bits per heavy atom. The Morgan fingerprint density at radius 1 is 1.24 bits per heavy atom. The second kappa shape index (κ2) is 14.0. The van der Waals surface area contributed by atoms with Crippen LogP contribution in [0, 0.1) is 11.8 Å². The zero-order valence-electron chi connectivity index (χ0n) is 22.3. The van der Waals surface area contributed by atoms with Crippen molar-refractivity contribution in [1.82, 2.24) is 25.1 Å². The Bertz CT molecular complexity index is 1430. The molecule has 1 aliphatic carbocycles. The van der Waals surface area contributed by atoms with Gasteiger partial charge in [0.15, 0.2) is 12.5 Å². The first kappa shape index (κ1) is 29.9. The Morgan fingerprint density at radius 2 is 2.02 bits per heavy atom. The number of thiazole rings is 1. The topological polar surface area (TPSA) is 173 Å². The molecule has 0 spiro atoms. The summed E-state index contributed by atoms with van der Waals surface area (Å²) >= 11 is 1.18. The number of nitrogens with two attached hydrogens (primary N) is 2. The average molecular weight is 589 g/mol. The number of nitrogens with one attached hydrogen (secondary N) is 1. The van der Waals surface area contributed by atoms with Crippen molar-refractivity contribution >= 4 is 35.1 Å². The van der Waals surface area contributed by atoms with Crippen molar-refractivity contribution in [3.05, 3.63) is 58.8 Å². The molecule has 0 radical (unpaired) electrons. The predicted molar refractivity (Wildman–Crippen MR) is 147 cm³/mol. The van der Waals surface area contributed by atoms with Crippen LogP contribution in [0.4, 0.5) is 8.78 Å². The molecule has 0 atom stereocenters. The van der Waals surface area contributed by atoms with Gasteiger partial charge in [0.25, 0.3) is 5.91 Å². The SMILES string of the molecule is CCOC1CCC(N=C/C(NC(=O)c2csc(-c3cnn(COC(=O)CN)c3)n2)=C(\N)c2nc(F)ccc2F)CC1. The van der Waals surface area contributed by atoms with E-state index in [1.807, 2.05) is 6.92 Å². The van der Waals surface area contributed by atoms with Crippen LogP contribution in [-0.2, 0) is 21.0 Å². The molecular formula is C26H30F2N8O4S. The average Bonchev–Trinajstić information content (AvgIpc) is 3.66. The zero-order chi connectivity index (χ0) is 29.4. The molecule has 3 aromatic rings. The highest BCUT2D eigenvalue weighted by atomic mass is 32.1. The van der Waals surface area contributed by atoms with Gasteiger partial charge in [0.05, 0.1) is 36.3 Å². The van der Waals surface area contributed by atoms with Gasteiger partial charge in [-0.15, -0.1) is 11.3 Å². The van der Waals surface area contributed by atoms with E-state index in [-0.39, 0.29) is 42.5 Å². The van der Waals surface area contributed by atoms with E-state index >= 15 is 0 Å². The number of hydrogen-bond acceptors (Lipinski definition) is 11. The van der Waals surface area contributed by atoms with Crippen LogP contribution in [0.3, 0.4) is 0 Å². The largest absolute Gasteiger partial charge is 0.441 e. The highest BCUT2D eigenvalue weighted by Gasteiger charge is 2.22. The molecule has 1 aliphatic rings. The third kappa shape index (κ3) is 7.99. The number of aromatic nitrogens is 4. The first-order valence-corrected chi connectivity index (χ1v) is 13.8. The maximum Gasteiger partial charge on any atom is 0.321 e. The maximum absolute atomic E-state index is 14.5. The fourth-order valence-corrected chi connectivity index (χ4v) is 4.89. The molecule has 3 heterocycles. The standard InChI is InChI=1S/C26H30F2N8O4S/c1-2-39-17-5-3-16(4-6-17)31-11-19(23(30)24-18(27)7-8-21(28)35-24)33-25(38)20-13-41-26(34-20)15-10-32-36(12-15)14-40-22(37)9-29/h7-8,10-13,16-17H,2-6,9,14,29-30H2,1H3,(H,33,38)/b23-19+,31-11?. The first-order valence-electron chi connectivity index (χ1n) is 12.9. The number of pyridine rings is 1. The minimum atomic E-state index is -0.927. The summed E-state index contributed by atoms with van der Waals surface area (Å²) in [7, 11) is 0. The third-order valence-electron chi connectivity index (χ3n) is 6.21. The third-order valence-corrected chi connectivity index (χ3v) is 7.10. The Labute approximate surface area is 238 Å². The smallest absolute Gasteiger partial charge is 0.321 e. The Hall–Kier alpha value is -4.08. The number of hydrogen-bond donors (Lipinski definition) is 3. The molecule has 0 saturated heterocycles. The van der Waals surface area contributed by atoms with E-state index < -0.39 is 29.3 Å². The number of allylic oxidation sites excluding steroid dienone is 1. The monoisotopic (exact) mass is 588 g/mol. The van der Waals surface area contributed by atoms with Gasteiger partial charge in [0.1, 0.15) is 16.4 Å².